The summed E-state index contributed by atoms with van der Waals surface area (Å²) in [5.41, 5.74) is 1.34. The number of aromatic nitrogens is 3. The molecule has 0 spiro atoms. The molecule has 0 aliphatic heterocycles. The van der Waals surface area contributed by atoms with Crippen molar-refractivity contribution in [1.29, 1.82) is 5.26 Å². The lowest BCUT2D eigenvalue weighted by Crippen LogP contribution is -2.11. The Balaban J connectivity index is 1.89. The lowest BCUT2D eigenvalue weighted by atomic mass is 10.2. The van der Waals surface area contributed by atoms with Gasteiger partial charge in [-0.05, 0) is 18.2 Å². The van der Waals surface area contributed by atoms with Gasteiger partial charge in [0.05, 0.1) is 24.4 Å². The predicted octanol–water partition coefficient (Wildman–Crippen LogP) is 0.960. The molecular formula is C12H11N5O2. The molecule has 2 rings (SSSR count). The van der Waals surface area contributed by atoms with Crippen LogP contribution in [0.15, 0.2) is 30.5 Å². The van der Waals surface area contributed by atoms with Crippen LogP contribution in [0.1, 0.15) is 16.1 Å². The normalized spacial score (nSPS) is 9.84. The van der Waals surface area contributed by atoms with Crippen LogP contribution in [-0.4, -0.2) is 32.6 Å². The maximum atomic E-state index is 10.6. The Kier molecular flexibility index (Phi) is 3.73. The van der Waals surface area contributed by atoms with E-state index in [2.05, 4.69) is 21.7 Å². The van der Waals surface area contributed by atoms with Gasteiger partial charge in [-0.15, -0.1) is 5.10 Å². The molecule has 7 nitrogen and oxygen atoms in total. The molecule has 1 aromatic heterocycles. The van der Waals surface area contributed by atoms with Gasteiger partial charge in [-0.1, -0.05) is 11.3 Å². The average Bonchev–Trinajstić information content (AvgIpc) is 2.88. The molecule has 2 aromatic rings. The minimum absolute atomic E-state index is 0.0773. The summed E-state index contributed by atoms with van der Waals surface area (Å²) in [7, 11) is 0. The van der Waals surface area contributed by atoms with Crippen molar-refractivity contribution in [2.24, 2.45) is 0 Å². The Hall–Kier alpha value is -2.88. The Morgan fingerprint density at radius 3 is 3.05 bits per heavy atom. The van der Waals surface area contributed by atoms with Gasteiger partial charge in [0, 0.05) is 12.2 Å². The van der Waals surface area contributed by atoms with E-state index in [9.17, 15) is 4.79 Å². The zero-order valence-corrected chi connectivity index (χ0v) is 9.95. The molecule has 0 saturated heterocycles. The number of carboxylic acid groups (broad SMARTS) is 1. The van der Waals surface area contributed by atoms with Gasteiger partial charge in [0.2, 0.25) is 0 Å². The summed E-state index contributed by atoms with van der Waals surface area (Å²) >= 11 is 0. The first-order chi connectivity index (χ1) is 9.19. The highest BCUT2D eigenvalue weighted by Gasteiger charge is 2.07. The lowest BCUT2D eigenvalue weighted by molar-refractivity contribution is 0.0690. The van der Waals surface area contributed by atoms with Crippen LogP contribution < -0.4 is 5.32 Å². The molecule has 0 aliphatic carbocycles. The number of anilines is 1. The smallest absolute Gasteiger partial charge is 0.358 e. The van der Waals surface area contributed by atoms with E-state index in [0.717, 1.165) is 5.69 Å². The quantitative estimate of drug-likeness (QED) is 0.826. The molecule has 7 heteroatoms. The predicted molar refractivity (Wildman–Crippen MR) is 66.6 cm³/mol. The Morgan fingerprint density at radius 2 is 2.37 bits per heavy atom. The van der Waals surface area contributed by atoms with Gasteiger partial charge in [-0.3, -0.25) is 0 Å². The average molecular weight is 257 g/mol. The SMILES string of the molecule is N#Cc1cccc(NCCn2cc(C(=O)O)nn2)c1. The molecule has 1 heterocycles. The van der Waals surface area contributed by atoms with E-state index in [0.29, 0.717) is 18.7 Å². The number of hydrogen-bond acceptors (Lipinski definition) is 5. The molecule has 0 atom stereocenters. The molecule has 0 saturated carbocycles. The van der Waals surface area contributed by atoms with Crippen molar-refractivity contribution in [2.75, 3.05) is 11.9 Å². The standard InChI is InChI=1S/C12H11N5O2/c13-7-9-2-1-3-10(6-9)14-4-5-17-8-11(12(18)19)15-16-17/h1-3,6,8,14H,4-5H2,(H,18,19). The first-order valence-electron chi connectivity index (χ1n) is 5.56. The van der Waals surface area contributed by atoms with Crippen molar-refractivity contribution in [1.82, 2.24) is 15.0 Å². The summed E-state index contributed by atoms with van der Waals surface area (Å²) in [4.78, 5) is 10.6. The molecule has 1 aromatic carbocycles. The van der Waals surface area contributed by atoms with Gasteiger partial charge in [-0.2, -0.15) is 5.26 Å². The molecule has 2 N–H and O–H groups in total. The van der Waals surface area contributed by atoms with E-state index in [1.807, 2.05) is 6.07 Å². The molecule has 0 radical (unpaired) electrons. The van der Waals surface area contributed by atoms with E-state index in [1.54, 1.807) is 18.2 Å². The van der Waals surface area contributed by atoms with Crippen molar-refractivity contribution in [3.05, 3.63) is 41.7 Å². The Bertz CT molecular complexity index is 629. The molecule has 19 heavy (non-hydrogen) atoms. The van der Waals surface area contributed by atoms with Crippen molar-refractivity contribution in [2.45, 2.75) is 6.54 Å². The monoisotopic (exact) mass is 257 g/mol. The third-order valence-corrected chi connectivity index (χ3v) is 2.42. The van der Waals surface area contributed by atoms with Gasteiger partial charge in [-0.25, -0.2) is 9.48 Å². The molecule has 96 valence electrons. The molecular weight excluding hydrogens is 246 g/mol. The number of aromatic carboxylic acids is 1. The summed E-state index contributed by atoms with van der Waals surface area (Å²) in [6.45, 7) is 1.04. The Morgan fingerprint density at radius 1 is 1.53 bits per heavy atom. The van der Waals surface area contributed by atoms with Crippen molar-refractivity contribution in [3.8, 4) is 6.07 Å². The number of nitrogens with one attached hydrogen (secondary N) is 1. The summed E-state index contributed by atoms with van der Waals surface area (Å²) in [6, 6.07) is 9.17. The molecule has 0 bridgehead atoms. The van der Waals surface area contributed by atoms with Gasteiger partial charge >= 0.3 is 5.97 Å². The van der Waals surface area contributed by atoms with Crippen LogP contribution in [0, 0.1) is 11.3 Å². The van der Waals surface area contributed by atoms with E-state index in [1.165, 1.54) is 10.9 Å². The van der Waals surface area contributed by atoms with Crippen LogP contribution in [0.3, 0.4) is 0 Å². The number of carboxylic acids is 1. The first kappa shape index (κ1) is 12.6. The second-order valence-electron chi connectivity index (χ2n) is 3.79. The summed E-state index contributed by atoms with van der Waals surface area (Å²) in [6.07, 6.45) is 1.37. The molecule has 0 amide bonds. The summed E-state index contributed by atoms with van der Waals surface area (Å²) < 4.78 is 1.45. The van der Waals surface area contributed by atoms with Crippen LogP contribution in [0.2, 0.25) is 0 Å². The van der Waals surface area contributed by atoms with Gasteiger partial charge in [0.25, 0.3) is 0 Å². The highest BCUT2D eigenvalue weighted by atomic mass is 16.4. The maximum absolute atomic E-state index is 10.6. The lowest BCUT2D eigenvalue weighted by Gasteiger charge is -2.05. The van der Waals surface area contributed by atoms with Crippen molar-refractivity contribution >= 4 is 11.7 Å². The highest BCUT2D eigenvalue weighted by molar-refractivity contribution is 5.84. The Labute approximate surface area is 109 Å². The number of hydrogen-bond donors (Lipinski definition) is 2. The zero-order chi connectivity index (χ0) is 13.7. The van der Waals surface area contributed by atoms with E-state index in [4.69, 9.17) is 10.4 Å². The number of nitriles is 1. The van der Waals surface area contributed by atoms with Gasteiger partial charge in [0.15, 0.2) is 5.69 Å². The van der Waals surface area contributed by atoms with Crippen LogP contribution in [0.25, 0.3) is 0 Å². The third-order valence-electron chi connectivity index (χ3n) is 2.42. The van der Waals surface area contributed by atoms with Crippen molar-refractivity contribution < 1.29 is 9.90 Å². The fraction of sp³-hybridized carbons (Fsp3) is 0.167. The van der Waals surface area contributed by atoms with E-state index < -0.39 is 5.97 Å². The number of benzene rings is 1. The van der Waals surface area contributed by atoms with Crippen LogP contribution in [-0.2, 0) is 6.54 Å². The maximum Gasteiger partial charge on any atom is 0.358 e. The largest absolute Gasteiger partial charge is 0.476 e. The minimum atomic E-state index is -1.10. The fourth-order valence-electron chi connectivity index (χ4n) is 1.52. The summed E-state index contributed by atoms with van der Waals surface area (Å²) in [5.74, 6) is -1.10. The molecule has 0 fully saturated rings. The van der Waals surface area contributed by atoms with E-state index >= 15 is 0 Å². The zero-order valence-electron chi connectivity index (χ0n) is 9.95. The van der Waals surface area contributed by atoms with Crippen LogP contribution >= 0.6 is 0 Å². The van der Waals surface area contributed by atoms with Crippen LogP contribution in [0.4, 0.5) is 5.69 Å². The van der Waals surface area contributed by atoms with Crippen LogP contribution in [0.5, 0.6) is 0 Å². The van der Waals surface area contributed by atoms with Crippen molar-refractivity contribution in [3.63, 3.8) is 0 Å². The summed E-state index contributed by atoms with van der Waals surface area (Å²) in [5, 5.41) is 27.8. The fourth-order valence-corrected chi connectivity index (χ4v) is 1.52. The number of carbonyl (C=O) groups is 1. The third kappa shape index (κ3) is 3.29. The highest BCUT2D eigenvalue weighted by Crippen LogP contribution is 2.09. The van der Waals surface area contributed by atoms with Gasteiger partial charge in [0.1, 0.15) is 0 Å². The number of rotatable bonds is 5. The molecule has 0 unspecified atom stereocenters. The second kappa shape index (κ2) is 5.64. The molecule has 0 aliphatic rings. The minimum Gasteiger partial charge on any atom is -0.476 e. The number of nitrogens with zero attached hydrogens (tertiary/aromatic N) is 4. The second-order valence-corrected chi connectivity index (χ2v) is 3.79. The van der Waals surface area contributed by atoms with E-state index in [-0.39, 0.29) is 5.69 Å². The first-order valence-corrected chi connectivity index (χ1v) is 5.56. The van der Waals surface area contributed by atoms with Gasteiger partial charge < -0.3 is 10.4 Å². The topological polar surface area (TPSA) is 104 Å².